The Balaban J connectivity index is 1.58. The Morgan fingerprint density at radius 3 is 2.48 bits per heavy atom. The smallest absolute Gasteiger partial charge is 0.251 e. The fourth-order valence-corrected chi connectivity index (χ4v) is 2.46. The van der Waals surface area contributed by atoms with Crippen molar-refractivity contribution in [1.29, 1.82) is 0 Å². The van der Waals surface area contributed by atoms with E-state index in [1.54, 1.807) is 0 Å². The van der Waals surface area contributed by atoms with Crippen LogP contribution in [0, 0.1) is 0 Å². The van der Waals surface area contributed by atoms with Gasteiger partial charge in [0.1, 0.15) is 0 Å². The van der Waals surface area contributed by atoms with E-state index in [2.05, 4.69) is 10.2 Å². The quantitative estimate of drug-likeness (QED) is 0.921. The summed E-state index contributed by atoms with van der Waals surface area (Å²) < 4.78 is 10.6. The van der Waals surface area contributed by atoms with E-state index in [4.69, 9.17) is 9.47 Å². The van der Waals surface area contributed by atoms with Crippen molar-refractivity contribution in [2.75, 3.05) is 20.9 Å². The van der Waals surface area contributed by atoms with Gasteiger partial charge in [0, 0.05) is 18.7 Å². The first kappa shape index (κ1) is 15.4. The van der Waals surface area contributed by atoms with Gasteiger partial charge in [-0.05, 0) is 49.5 Å². The van der Waals surface area contributed by atoms with Crippen LogP contribution in [0.15, 0.2) is 42.5 Å². The summed E-state index contributed by atoms with van der Waals surface area (Å²) >= 11 is 0. The van der Waals surface area contributed by atoms with Gasteiger partial charge in [-0.3, -0.25) is 4.79 Å². The molecule has 5 nitrogen and oxygen atoms in total. The van der Waals surface area contributed by atoms with Gasteiger partial charge in [0.15, 0.2) is 11.5 Å². The van der Waals surface area contributed by atoms with Gasteiger partial charge in [0.05, 0.1) is 0 Å². The molecule has 5 heteroatoms. The number of fused-ring (bicyclic) bond motifs is 1. The highest BCUT2D eigenvalue weighted by Crippen LogP contribution is 2.32. The summed E-state index contributed by atoms with van der Waals surface area (Å²) in [5.74, 6) is 1.39. The molecule has 0 fully saturated rings. The lowest BCUT2D eigenvalue weighted by Gasteiger charge is -2.10. The van der Waals surface area contributed by atoms with Crippen LogP contribution in [0.5, 0.6) is 11.5 Å². The fourth-order valence-electron chi connectivity index (χ4n) is 2.46. The second-order valence-corrected chi connectivity index (χ2v) is 5.80. The van der Waals surface area contributed by atoms with E-state index >= 15 is 0 Å². The third-order valence-corrected chi connectivity index (χ3v) is 3.60. The molecule has 1 heterocycles. The van der Waals surface area contributed by atoms with Crippen LogP contribution in [0.25, 0.3) is 0 Å². The second kappa shape index (κ2) is 6.71. The van der Waals surface area contributed by atoms with Gasteiger partial charge in [0.2, 0.25) is 6.79 Å². The van der Waals surface area contributed by atoms with E-state index in [1.165, 1.54) is 5.56 Å². The standard InChI is InChI=1S/C18H20N2O3/c1-20(2)11-13-3-6-15(7-4-13)18(21)19-10-14-5-8-16-17(9-14)23-12-22-16/h3-9H,10-12H2,1-2H3,(H,19,21). The average molecular weight is 312 g/mol. The number of nitrogens with one attached hydrogen (secondary N) is 1. The molecule has 1 amide bonds. The summed E-state index contributed by atoms with van der Waals surface area (Å²) in [5, 5.41) is 2.92. The van der Waals surface area contributed by atoms with Crippen molar-refractivity contribution >= 4 is 5.91 Å². The summed E-state index contributed by atoms with van der Waals surface area (Å²) in [7, 11) is 4.04. The van der Waals surface area contributed by atoms with E-state index in [-0.39, 0.29) is 12.7 Å². The molecule has 0 atom stereocenters. The normalized spacial score (nSPS) is 12.5. The molecule has 0 saturated carbocycles. The fraction of sp³-hybridized carbons (Fsp3) is 0.278. The van der Waals surface area contributed by atoms with E-state index in [0.29, 0.717) is 12.1 Å². The molecule has 0 aromatic heterocycles. The maximum Gasteiger partial charge on any atom is 0.251 e. The zero-order chi connectivity index (χ0) is 16.2. The Morgan fingerprint density at radius 2 is 1.74 bits per heavy atom. The molecule has 0 saturated heterocycles. The minimum absolute atomic E-state index is 0.0842. The number of hydrogen-bond donors (Lipinski definition) is 1. The second-order valence-electron chi connectivity index (χ2n) is 5.80. The van der Waals surface area contributed by atoms with Gasteiger partial charge >= 0.3 is 0 Å². The summed E-state index contributed by atoms with van der Waals surface area (Å²) in [6.07, 6.45) is 0. The first-order valence-electron chi connectivity index (χ1n) is 7.52. The maximum atomic E-state index is 12.2. The highest BCUT2D eigenvalue weighted by molar-refractivity contribution is 5.94. The van der Waals surface area contributed by atoms with Crippen molar-refractivity contribution in [1.82, 2.24) is 10.2 Å². The van der Waals surface area contributed by atoms with E-state index in [9.17, 15) is 4.79 Å². The van der Waals surface area contributed by atoms with E-state index < -0.39 is 0 Å². The third-order valence-electron chi connectivity index (χ3n) is 3.60. The molecule has 23 heavy (non-hydrogen) atoms. The number of carbonyl (C=O) groups excluding carboxylic acids is 1. The molecule has 0 radical (unpaired) electrons. The van der Waals surface area contributed by atoms with Crippen LogP contribution in [0.3, 0.4) is 0 Å². The molecule has 1 aliphatic heterocycles. The summed E-state index contributed by atoms with van der Waals surface area (Å²) in [4.78, 5) is 14.3. The number of hydrogen-bond acceptors (Lipinski definition) is 4. The first-order valence-corrected chi connectivity index (χ1v) is 7.52. The topological polar surface area (TPSA) is 50.8 Å². The molecule has 1 aliphatic rings. The highest BCUT2D eigenvalue weighted by atomic mass is 16.7. The molecule has 0 bridgehead atoms. The van der Waals surface area contributed by atoms with Gasteiger partial charge in [-0.25, -0.2) is 0 Å². The minimum atomic E-state index is -0.0842. The Morgan fingerprint density at radius 1 is 1.04 bits per heavy atom. The molecule has 120 valence electrons. The van der Waals surface area contributed by atoms with Gasteiger partial charge in [0.25, 0.3) is 5.91 Å². The highest BCUT2D eigenvalue weighted by Gasteiger charge is 2.13. The van der Waals surface area contributed by atoms with Gasteiger partial charge in [-0.15, -0.1) is 0 Å². The van der Waals surface area contributed by atoms with Crippen LogP contribution >= 0.6 is 0 Å². The van der Waals surface area contributed by atoms with E-state index in [1.807, 2.05) is 56.6 Å². The van der Waals surface area contributed by atoms with Crippen molar-refractivity contribution in [2.45, 2.75) is 13.1 Å². The van der Waals surface area contributed by atoms with E-state index in [0.717, 1.165) is 23.6 Å². The third kappa shape index (κ3) is 3.81. The maximum absolute atomic E-state index is 12.2. The molecular formula is C18H20N2O3. The largest absolute Gasteiger partial charge is 0.454 e. The lowest BCUT2D eigenvalue weighted by atomic mass is 10.1. The zero-order valence-electron chi connectivity index (χ0n) is 13.3. The Hall–Kier alpha value is -2.53. The summed E-state index contributed by atoms with van der Waals surface area (Å²) in [6, 6.07) is 13.4. The van der Waals surface area contributed by atoms with Crippen LogP contribution in [0.1, 0.15) is 21.5 Å². The number of rotatable bonds is 5. The molecular weight excluding hydrogens is 292 g/mol. The van der Waals surface area contributed by atoms with Crippen molar-refractivity contribution < 1.29 is 14.3 Å². The number of nitrogens with zero attached hydrogens (tertiary/aromatic N) is 1. The Kier molecular flexibility index (Phi) is 4.48. The molecule has 2 aromatic carbocycles. The summed E-state index contributed by atoms with van der Waals surface area (Å²) in [5.41, 5.74) is 2.82. The molecule has 0 spiro atoms. The van der Waals surface area contributed by atoms with Crippen LogP contribution in [-0.2, 0) is 13.1 Å². The lowest BCUT2D eigenvalue weighted by molar-refractivity contribution is 0.0951. The Bertz CT molecular complexity index is 696. The van der Waals surface area contributed by atoms with Crippen LogP contribution in [-0.4, -0.2) is 31.7 Å². The van der Waals surface area contributed by atoms with Gasteiger partial charge in [-0.1, -0.05) is 18.2 Å². The monoisotopic (exact) mass is 312 g/mol. The minimum Gasteiger partial charge on any atom is -0.454 e. The number of benzene rings is 2. The van der Waals surface area contributed by atoms with Gasteiger partial charge < -0.3 is 19.7 Å². The van der Waals surface area contributed by atoms with Crippen molar-refractivity contribution in [3.8, 4) is 11.5 Å². The molecule has 1 N–H and O–H groups in total. The number of carbonyl (C=O) groups is 1. The number of ether oxygens (including phenoxy) is 2. The summed E-state index contributed by atoms with van der Waals surface area (Å²) in [6.45, 7) is 1.57. The first-order chi connectivity index (χ1) is 11.1. The molecule has 0 unspecified atom stereocenters. The van der Waals surface area contributed by atoms with Crippen LogP contribution < -0.4 is 14.8 Å². The lowest BCUT2D eigenvalue weighted by Crippen LogP contribution is -2.22. The van der Waals surface area contributed by atoms with Crippen molar-refractivity contribution in [3.63, 3.8) is 0 Å². The SMILES string of the molecule is CN(C)Cc1ccc(C(=O)NCc2ccc3c(c2)OCO3)cc1. The molecule has 0 aliphatic carbocycles. The van der Waals surface area contributed by atoms with Crippen LogP contribution in [0.2, 0.25) is 0 Å². The Labute approximate surface area is 135 Å². The van der Waals surface area contributed by atoms with Crippen molar-refractivity contribution in [2.24, 2.45) is 0 Å². The molecule has 2 aromatic rings. The number of amides is 1. The molecule has 3 rings (SSSR count). The van der Waals surface area contributed by atoms with Crippen LogP contribution in [0.4, 0.5) is 0 Å². The van der Waals surface area contributed by atoms with Gasteiger partial charge in [-0.2, -0.15) is 0 Å². The van der Waals surface area contributed by atoms with Crippen molar-refractivity contribution in [3.05, 3.63) is 59.2 Å². The zero-order valence-corrected chi connectivity index (χ0v) is 13.3. The predicted molar refractivity (Wildman–Crippen MR) is 87.6 cm³/mol. The average Bonchev–Trinajstić information content (AvgIpc) is 3.00. The predicted octanol–water partition coefficient (Wildman–Crippen LogP) is 2.41.